The number of rotatable bonds is 4. The van der Waals surface area contributed by atoms with E-state index >= 15 is 0 Å². The molecule has 0 aliphatic carbocycles. The molecule has 0 atom stereocenters. The highest BCUT2D eigenvalue weighted by Crippen LogP contribution is 2.20. The first-order chi connectivity index (χ1) is 10.2. The molecule has 6 heteroatoms. The molecule has 0 spiro atoms. The van der Waals surface area contributed by atoms with Crippen molar-refractivity contribution < 1.29 is 9.50 Å². The number of aromatic hydroxyl groups is 1. The van der Waals surface area contributed by atoms with E-state index in [0.29, 0.717) is 12.1 Å². The Labute approximate surface area is 120 Å². The maximum Gasteiger partial charge on any atom is 0.138 e. The topological polar surface area (TPSA) is 63.0 Å². The molecule has 5 nitrogen and oxygen atoms in total. The van der Waals surface area contributed by atoms with E-state index in [1.54, 1.807) is 11.0 Å². The fourth-order valence-corrected chi connectivity index (χ4v) is 1.97. The molecule has 2 aromatic carbocycles. The Morgan fingerprint density at radius 1 is 1.14 bits per heavy atom. The number of nitrogens with one attached hydrogen (secondary N) is 1. The van der Waals surface area contributed by atoms with Crippen molar-refractivity contribution in [3.8, 4) is 11.4 Å². The number of halogens is 1. The number of hydrogen-bond acceptors (Lipinski definition) is 4. The normalized spacial score (nSPS) is 10.5. The van der Waals surface area contributed by atoms with Crippen LogP contribution in [0.5, 0.6) is 5.75 Å². The highest BCUT2D eigenvalue weighted by Gasteiger charge is 2.03. The third-order valence-electron chi connectivity index (χ3n) is 3.08. The summed E-state index contributed by atoms with van der Waals surface area (Å²) in [4.78, 5) is 3.89. The first-order valence-corrected chi connectivity index (χ1v) is 6.39. The summed E-state index contributed by atoms with van der Waals surface area (Å²) in [5.41, 5.74) is 2.27. The highest BCUT2D eigenvalue weighted by molar-refractivity contribution is 5.49. The van der Waals surface area contributed by atoms with Gasteiger partial charge in [-0.15, -0.1) is 0 Å². The Hall–Kier alpha value is -2.89. The quantitative estimate of drug-likeness (QED) is 0.773. The molecule has 0 amide bonds. The van der Waals surface area contributed by atoms with Gasteiger partial charge in [-0.05, 0) is 42.5 Å². The molecule has 3 aromatic rings. The van der Waals surface area contributed by atoms with E-state index < -0.39 is 0 Å². The third-order valence-corrected chi connectivity index (χ3v) is 3.08. The van der Waals surface area contributed by atoms with Gasteiger partial charge in [0.15, 0.2) is 0 Å². The van der Waals surface area contributed by atoms with Gasteiger partial charge in [0.2, 0.25) is 0 Å². The SMILES string of the molecule is Oc1ccc(F)cc1CNc1ccc(-n2cncn2)cc1. The molecular weight excluding hydrogens is 271 g/mol. The maximum atomic E-state index is 13.1. The molecule has 0 saturated heterocycles. The first-order valence-electron chi connectivity index (χ1n) is 6.39. The van der Waals surface area contributed by atoms with Crippen LogP contribution in [-0.4, -0.2) is 19.9 Å². The minimum absolute atomic E-state index is 0.0723. The zero-order valence-electron chi connectivity index (χ0n) is 11.1. The Morgan fingerprint density at radius 3 is 2.67 bits per heavy atom. The number of nitrogens with zero attached hydrogens (tertiary/aromatic N) is 3. The second-order valence-electron chi connectivity index (χ2n) is 4.51. The lowest BCUT2D eigenvalue weighted by Crippen LogP contribution is -2.01. The van der Waals surface area contributed by atoms with Crippen molar-refractivity contribution in [1.29, 1.82) is 0 Å². The van der Waals surface area contributed by atoms with E-state index in [2.05, 4.69) is 15.4 Å². The minimum atomic E-state index is -0.369. The molecule has 21 heavy (non-hydrogen) atoms. The summed E-state index contributed by atoms with van der Waals surface area (Å²) in [6.07, 6.45) is 3.09. The first kappa shape index (κ1) is 13.1. The molecule has 0 aliphatic heterocycles. The van der Waals surface area contributed by atoms with Crippen LogP contribution in [0.1, 0.15) is 5.56 Å². The van der Waals surface area contributed by atoms with Gasteiger partial charge in [0.05, 0.1) is 5.69 Å². The smallest absolute Gasteiger partial charge is 0.138 e. The zero-order valence-corrected chi connectivity index (χ0v) is 11.1. The van der Waals surface area contributed by atoms with Gasteiger partial charge < -0.3 is 10.4 Å². The van der Waals surface area contributed by atoms with Gasteiger partial charge in [0.1, 0.15) is 24.2 Å². The van der Waals surface area contributed by atoms with Crippen LogP contribution >= 0.6 is 0 Å². The Morgan fingerprint density at radius 2 is 1.95 bits per heavy atom. The number of phenols is 1. The average Bonchev–Trinajstić information content (AvgIpc) is 3.03. The predicted octanol–water partition coefficient (Wildman–Crippen LogP) is 2.72. The van der Waals surface area contributed by atoms with Crippen LogP contribution in [-0.2, 0) is 6.54 Å². The van der Waals surface area contributed by atoms with Crippen LogP contribution in [0.15, 0.2) is 55.1 Å². The number of benzene rings is 2. The van der Waals surface area contributed by atoms with Crippen LogP contribution < -0.4 is 5.32 Å². The van der Waals surface area contributed by atoms with Crippen molar-refractivity contribution in [2.45, 2.75) is 6.54 Å². The maximum absolute atomic E-state index is 13.1. The number of phenolic OH excluding ortho intramolecular Hbond substituents is 1. The molecule has 0 fully saturated rings. The summed E-state index contributed by atoms with van der Waals surface area (Å²) in [5.74, 6) is -0.297. The average molecular weight is 284 g/mol. The molecule has 0 radical (unpaired) electrons. The molecule has 0 aliphatic rings. The second kappa shape index (κ2) is 5.62. The third kappa shape index (κ3) is 3.00. The fourth-order valence-electron chi connectivity index (χ4n) is 1.97. The lowest BCUT2D eigenvalue weighted by Gasteiger charge is -2.09. The standard InChI is InChI=1S/C15H13FN4O/c16-12-1-6-15(21)11(7-12)8-18-13-2-4-14(5-3-13)20-10-17-9-19-20/h1-7,9-10,18,21H,8H2. The number of anilines is 1. The number of hydrogen-bond donors (Lipinski definition) is 2. The molecule has 3 rings (SSSR count). The summed E-state index contributed by atoms with van der Waals surface area (Å²) in [7, 11) is 0. The zero-order chi connectivity index (χ0) is 14.7. The van der Waals surface area contributed by atoms with Crippen molar-refractivity contribution in [1.82, 2.24) is 14.8 Å². The molecular formula is C15H13FN4O. The van der Waals surface area contributed by atoms with Crippen molar-refractivity contribution in [2.75, 3.05) is 5.32 Å². The molecule has 2 N–H and O–H groups in total. The molecule has 0 unspecified atom stereocenters. The van der Waals surface area contributed by atoms with Gasteiger partial charge in [-0.2, -0.15) is 5.10 Å². The van der Waals surface area contributed by atoms with Crippen LogP contribution in [0, 0.1) is 5.82 Å². The molecule has 0 saturated carbocycles. The van der Waals surface area contributed by atoms with Gasteiger partial charge in [-0.3, -0.25) is 0 Å². The van der Waals surface area contributed by atoms with Gasteiger partial charge in [-0.1, -0.05) is 0 Å². The van der Waals surface area contributed by atoms with Crippen molar-refractivity contribution in [3.05, 3.63) is 66.5 Å². The van der Waals surface area contributed by atoms with Crippen molar-refractivity contribution >= 4 is 5.69 Å². The molecule has 1 heterocycles. The second-order valence-corrected chi connectivity index (χ2v) is 4.51. The molecule has 106 valence electrons. The van der Waals surface area contributed by atoms with Crippen LogP contribution in [0.4, 0.5) is 10.1 Å². The van der Waals surface area contributed by atoms with Crippen molar-refractivity contribution in [2.24, 2.45) is 0 Å². The highest BCUT2D eigenvalue weighted by atomic mass is 19.1. The number of aromatic nitrogens is 3. The van der Waals surface area contributed by atoms with E-state index in [9.17, 15) is 9.50 Å². The van der Waals surface area contributed by atoms with Gasteiger partial charge in [-0.25, -0.2) is 14.1 Å². The van der Waals surface area contributed by atoms with Crippen molar-refractivity contribution in [3.63, 3.8) is 0 Å². The Kier molecular flexibility index (Phi) is 3.51. The van der Waals surface area contributed by atoms with E-state index in [0.717, 1.165) is 11.4 Å². The summed E-state index contributed by atoms with van der Waals surface area (Å²) >= 11 is 0. The minimum Gasteiger partial charge on any atom is -0.508 e. The van der Waals surface area contributed by atoms with Crippen LogP contribution in [0.3, 0.4) is 0 Å². The van der Waals surface area contributed by atoms with Gasteiger partial charge in [0.25, 0.3) is 0 Å². The lowest BCUT2D eigenvalue weighted by molar-refractivity contribution is 0.466. The summed E-state index contributed by atoms with van der Waals surface area (Å²) in [5, 5.41) is 16.8. The van der Waals surface area contributed by atoms with E-state index in [-0.39, 0.29) is 11.6 Å². The fraction of sp³-hybridized carbons (Fsp3) is 0.0667. The summed E-state index contributed by atoms with van der Waals surface area (Å²) in [6, 6.07) is 11.4. The van der Waals surface area contributed by atoms with Gasteiger partial charge in [0, 0.05) is 17.8 Å². The van der Waals surface area contributed by atoms with Gasteiger partial charge >= 0.3 is 0 Å². The van der Waals surface area contributed by atoms with E-state index in [1.807, 2.05) is 24.3 Å². The predicted molar refractivity (Wildman–Crippen MR) is 76.8 cm³/mol. The Balaban J connectivity index is 1.70. The van der Waals surface area contributed by atoms with E-state index in [4.69, 9.17) is 0 Å². The Bertz CT molecular complexity index is 726. The molecule has 0 bridgehead atoms. The molecule has 1 aromatic heterocycles. The lowest BCUT2D eigenvalue weighted by atomic mass is 10.2. The summed E-state index contributed by atoms with van der Waals surface area (Å²) in [6.45, 7) is 0.340. The van der Waals surface area contributed by atoms with Crippen LogP contribution in [0.25, 0.3) is 5.69 Å². The van der Waals surface area contributed by atoms with E-state index in [1.165, 1.54) is 24.5 Å². The van der Waals surface area contributed by atoms with Crippen LogP contribution in [0.2, 0.25) is 0 Å². The monoisotopic (exact) mass is 284 g/mol. The largest absolute Gasteiger partial charge is 0.508 e. The summed E-state index contributed by atoms with van der Waals surface area (Å²) < 4.78 is 14.8.